The van der Waals surface area contributed by atoms with E-state index in [0.717, 1.165) is 54.4 Å². The number of aromatic amines is 1. The smallest absolute Gasteiger partial charge is 0.181 e. The lowest BCUT2D eigenvalue weighted by Crippen LogP contribution is -2.47. The van der Waals surface area contributed by atoms with E-state index >= 15 is 0 Å². The Kier molecular flexibility index (Phi) is 8.65. The molecule has 0 radical (unpaired) electrons. The Hall–Kier alpha value is -3.59. The number of amidine groups is 1. The van der Waals surface area contributed by atoms with Gasteiger partial charge in [0.15, 0.2) is 13.5 Å². The van der Waals surface area contributed by atoms with Crippen molar-refractivity contribution in [3.05, 3.63) is 53.8 Å². The molecule has 1 aliphatic heterocycles. The Labute approximate surface area is 195 Å². The highest BCUT2D eigenvalue weighted by Gasteiger charge is 2.17. The monoisotopic (exact) mass is 451 g/mol. The molecule has 1 aromatic carbocycles. The number of likely N-dealkylation sites (N-methyl/N-ethyl adjacent to an activating group) is 1. The molecular formula is C24H33N7O2. The van der Waals surface area contributed by atoms with Crippen LogP contribution in [0.15, 0.2) is 63.1 Å². The van der Waals surface area contributed by atoms with E-state index in [9.17, 15) is 0 Å². The van der Waals surface area contributed by atoms with Crippen LogP contribution in [0.2, 0.25) is 0 Å². The van der Waals surface area contributed by atoms with Crippen molar-refractivity contribution >= 4 is 30.2 Å². The van der Waals surface area contributed by atoms with Crippen LogP contribution in [0.4, 0.5) is 0 Å². The number of rotatable bonds is 10. The summed E-state index contributed by atoms with van der Waals surface area (Å²) in [7, 11) is 2.12. The van der Waals surface area contributed by atoms with Crippen molar-refractivity contribution in [1.82, 2.24) is 20.1 Å². The van der Waals surface area contributed by atoms with Crippen LogP contribution in [-0.4, -0.2) is 80.7 Å². The fourth-order valence-corrected chi connectivity index (χ4v) is 3.46. The average Bonchev–Trinajstić information content (AvgIpc) is 3.17. The SMILES string of the molecule is C=N/C=C(/C)OCN/C(=C/C(=N\COc1ccc2[nH]c(C)cc2c1)N1CCN(C)CC1)N=C. The second kappa shape index (κ2) is 11.9. The number of nitrogens with one attached hydrogen (secondary N) is 2. The molecule has 1 saturated heterocycles. The molecule has 3 rings (SSSR count). The normalized spacial score (nSPS) is 16.1. The molecule has 0 unspecified atom stereocenters. The molecule has 0 spiro atoms. The maximum Gasteiger partial charge on any atom is 0.181 e. The molecule has 1 aliphatic rings. The first-order valence-electron chi connectivity index (χ1n) is 10.9. The van der Waals surface area contributed by atoms with Gasteiger partial charge in [-0.2, -0.15) is 0 Å². The Bertz CT molecular complexity index is 1050. The van der Waals surface area contributed by atoms with E-state index in [1.807, 2.05) is 38.1 Å². The van der Waals surface area contributed by atoms with Crippen LogP contribution in [0.5, 0.6) is 5.75 Å². The minimum Gasteiger partial charge on any atom is -0.476 e. The van der Waals surface area contributed by atoms with E-state index in [1.54, 1.807) is 6.20 Å². The van der Waals surface area contributed by atoms with E-state index in [2.05, 4.69) is 56.6 Å². The quantitative estimate of drug-likeness (QED) is 0.251. The predicted octanol–water partition coefficient (Wildman–Crippen LogP) is 3.13. The van der Waals surface area contributed by atoms with Crippen molar-refractivity contribution in [3.63, 3.8) is 0 Å². The summed E-state index contributed by atoms with van der Waals surface area (Å²) in [5.74, 6) is 2.78. The highest BCUT2D eigenvalue weighted by Crippen LogP contribution is 2.21. The highest BCUT2D eigenvalue weighted by atomic mass is 16.5. The first kappa shape index (κ1) is 24.1. The predicted molar refractivity (Wildman–Crippen MR) is 135 cm³/mol. The molecule has 176 valence electrons. The number of fused-ring (bicyclic) bond motifs is 1. The van der Waals surface area contributed by atoms with Crippen LogP contribution in [0.1, 0.15) is 12.6 Å². The first-order valence-corrected chi connectivity index (χ1v) is 10.9. The average molecular weight is 452 g/mol. The van der Waals surface area contributed by atoms with E-state index in [1.165, 1.54) is 0 Å². The van der Waals surface area contributed by atoms with Gasteiger partial charge in [-0.25, -0.2) is 9.98 Å². The Balaban J connectivity index is 1.70. The number of nitrogens with zero attached hydrogens (tertiary/aromatic N) is 5. The van der Waals surface area contributed by atoms with Crippen LogP contribution in [-0.2, 0) is 4.74 Å². The molecule has 0 atom stereocenters. The number of piperazine rings is 1. The van der Waals surface area contributed by atoms with E-state index < -0.39 is 0 Å². The summed E-state index contributed by atoms with van der Waals surface area (Å²) in [4.78, 5) is 20.3. The fraction of sp³-hybridized carbons (Fsp3) is 0.375. The van der Waals surface area contributed by atoms with Gasteiger partial charge >= 0.3 is 0 Å². The summed E-state index contributed by atoms with van der Waals surface area (Å²) < 4.78 is 11.5. The van der Waals surface area contributed by atoms with Gasteiger partial charge in [0.2, 0.25) is 0 Å². The van der Waals surface area contributed by atoms with E-state index in [-0.39, 0.29) is 13.5 Å². The van der Waals surface area contributed by atoms with Gasteiger partial charge < -0.3 is 29.6 Å². The zero-order valence-corrected chi connectivity index (χ0v) is 19.7. The molecule has 9 nitrogen and oxygen atoms in total. The third-order valence-corrected chi connectivity index (χ3v) is 5.27. The lowest BCUT2D eigenvalue weighted by Gasteiger charge is -2.33. The number of aromatic nitrogens is 1. The number of hydrogen-bond acceptors (Lipinski definition) is 7. The second-order valence-corrected chi connectivity index (χ2v) is 7.86. The molecule has 9 heteroatoms. The number of aryl methyl sites for hydroxylation is 1. The van der Waals surface area contributed by atoms with Gasteiger partial charge in [-0.15, -0.1) is 0 Å². The van der Waals surface area contributed by atoms with Crippen molar-refractivity contribution < 1.29 is 9.47 Å². The van der Waals surface area contributed by atoms with Crippen molar-refractivity contribution in [3.8, 4) is 5.75 Å². The first-order chi connectivity index (χ1) is 16.0. The van der Waals surface area contributed by atoms with Gasteiger partial charge in [0, 0.05) is 48.9 Å². The van der Waals surface area contributed by atoms with E-state index in [0.29, 0.717) is 11.6 Å². The third-order valence-electron chi connectivity index (χ3n) is 5.27. The molecule has 2 heterocycles. The van der Waals surface area contributed by atoms with Crippen LogP contribution < -0.4 is 10.1 Å². The highest BCUT2D eigenvalue weighted by molar-refractivity contribution is 5.93. The van der Waals surface area contributed by atoms with Gasteiger partial charge in [0.25, 0.3) is 0 Å². The number of H-pyrrole nitrogens is 1. The minimum atomic E-state index is 0.195. The van der Waals surface area contributed by atoms with Gasteiger partial charge in [-0.3, -0.25) is 4.99 Å². The maximum atomic E-state index is 5.94. The van der Waals surface area contributed by atoms with Gasteiger partial charge in [0.05, 0.1) is 6.20 Å². The molecule has 0 aliphatic carbocycles. The standard InChI is InChI=1S/C24H33N7O2/c1-18-12-20-13-21(6-7-22(20)29-18)33-17-28-24(31-10-8-30(5)9-11-31)14-23(26-4)27-16-32-19(2)15-25-3/h6-7,12-15,27,29H,3-4,8-11,16-17H2,1-2,5H3/b19-15-,23-14+,28-24+. The fourth-order valence-electron chi connectivity index (χ4n) is 3.46. The van der Waals surface area contributed by atoms with Crippen molar-refractivity contribution in [2.24, 2.45) is 15.0 Å². The van der Waals surface area contributed by atoms with Crippen molar-refractivity contribution in [2.45, 2.75) is 13.8 Å². The number of hydrogen-bond donors (Lipinski definition) is 2. The summed E-state index contributed by atoms with van der Waals surface area (Å²) in [6.45, 7) is 15.0. The van der Waals surface area contributed by atoms with E-state index in [4.69, 9.17) is 14.5 Å². The summed E-state index contributed by atoms with van der Waals surface area (Å²) >= 11 is 0. The van der Waals surface area contributed by atoms with Crippen LogP contribution in [0.3, 0.4) is 0 Å². The molecule has 2 N–H and O–H groups in total. The van der Waals surface area contributed by atoms with Crippen molar-refractivity contribution in [2.75, 3.05) is 46.7 Å². The molecular weight excluding hydrogens is 418 g/mol. The molecule has 0 amide bonds. The summed E-state index contributed by atoms with van der Waals surface area (Å²) in [6, 6.07) is 8.08. The van der Waals surface area contributed by atoms with Gasteiger partial charge in [-0.05, 0) is 58.6 Å². The molecule has 33 heavy (non-hydrogen) atoms. The van der Waals surface area contributed by atoms with Crippen LogP contribution in [0, 0.1) is 6.92 Å². The third kappa shape index (κ3) is 7.21. The molecule has 1 fully saturated rings. The Morgan fingerprint density at radius 1 is 1.21 bits per heavy atom. The summed E-state index contributed by atoms with van der Waals surface area (Å²) in [5.41, 5.74) is 2.21. The largest absolute Gasteiger partial charge is 0.476 e. The van der Waals surface area contributed by atoms with Gasteiger partial charge in [0.1, 0.15) is 23.2 Å². The number of aliphatic imine (C=N–C) groups is 3. The molecule has 2 aromatic rings. The summed E-state index contributed by atoms with van der Waals surface area (Å²) in [5, 5.41) is 4.23. The lowest BCUT2D eigenvalue weighted by molar-refractivity contribution is 0.198. The summed E-state index contributed by atoms with van der Waals surface area (Å²) in [6.07, 6.45) is 3.42. The molecule has 1 aromatic heterocycles. The number of benzene rings is 1. The maximum absolute atomic E-state index is 5.94. The lowest BCUT2D eigenvalue weighted by atomic mass is 10.2. The topological polar surface area (TPSA) is 89.8 Å². The zero-order chi connectivity index (χ0) is 23.6. The number of allylic oxidation sites excluding steroid dienone is 1. The Morgan fingerprint density at radius 2 is 2.00 bits per heavy atom. The molecule has 0 bridgehead atoms. The second-order valence-electron chi connectivity index (χ2n) is 7.86. The Morgan fingerprint density at radius 3 is 2.73 bits per heavy atom. The van der Waals surface area contributed by atoms with Crippen LogP contribution in [0.25, 0.3) is 10.9 Å². The van der Waals surface area contributed by atoms with Crippen LogP contribution >= 0.6 is 0 Å². The van der Waals surface area contributed by atoms with Gasteiger partial charge in [-0.1, -0.05) is 0 Å². The minimum absolute atomic E-state index is 0.195. The van der Waals surface area contributed by atoms with Crippen molar-refractivity contribution in [1.29, 1.82) is 0 Å². The zero-order valence-electron chi connectivity index (χ0n) is 19.7. The number of ether oxygens (including phenoxy) is 2. The molecule has 0 saturated carbocycles.